The Morgan fingerprint density at radius 3 is 2.88 bits per heavy atom. The van der Waals surface area contributed by atoms with Gasteiger partial charge in [0.25, 0.3) is 0 Å². The summed E-state index contributed by atoms with van der Waals surface area (Å²) >= 11 is 5.41. The van der Waals surface area contributed by atoms with Crippen molar-refractivity contribution in [1.29, 1.82) is 0 Å². The van der Waals surface area contributed by atoms with E-state index < -0.39 is 0 Å². The fourth-order valence-electron chi connectivity index (χ4n) is 1.20. The van der Waals surface area contributed by atoms with E-state index in [4.69, 9.17) is 16.3 Å². The Balaban J connectivity index is 2.60. The highest BCUT2D eigenvalue weighted by Gasteiger charge is 2.01. The van der Waals surface area contributed by atoms with Gasteiger partial charge in [0.2, 0.25) is 5.91 Å². The number of amides is 1. The summed E-state index contributed by atoms with van der Waals surface area (Å²) in [6.07, 6.45) is 0.195. The van der Waals surface area contributed by atoms with Gasteiger partial charge in [0.05, 0.1) is 12.7 Å². The van der Waals surface area contributed by atoms with Gasteiger partial charge in [-0.25, -0.2) is 0 Å². The van der Waals surface area contributed by atoms with Gasteiger partial charge < -0.3 is 10.1 Å². The summed E-state index contributed by atoms with van der Waals surface area (Å²) in [7, 11) is 0. The molecule has 0 spiro atoms. The number of hydrogen-bond donors (Lipinski definition) is 1. The van der Waals surface area contributed by atoms with Crippen LogP contribution in [0.1, 0.15) is 19.4 Å². The average molecular weight is 242 g/mol. The molecule has 0 saturated heterocycles. The standard InChI is InChI=1S/C12H16ClNO2/c1-9(2)16-8-10-4-3-5-11(6-10)14-12(15)7-13/h3-6,9H,7-8H2,1-2H3,(H,14,15). The van der Waals surface area contributed by atoms with Crippen molar-refractivity contribution < 1.29 is 9.53 Å². The van der Waals surface area contributed by atoms with Crippen LogP contribution in [0, 0.1) is 0 Å². The largest absolute Gasteiger partial charge is 0.374 e. The molecular weight excluding hydrogens is 226 g/mol. The first-order valence-corrected chi connectivity index (χ1v) is 5.71. The molecule has 3 nitrogen and oxygen atoms in total. The molecule has 0 aliphatic heterocycles. The van der Waals surface area contributed by atoms with Crippen LogP contribution in [0.25, 0.3) is 0 Å². The number of anilines is 1. The topological polar surface area (TPSA) is 38.3 Å². The Bertz CT molecular complexity index is 353. The van der Waals surface area contributed by atoms with E-state index in [-0.39, 0.29) is 17.9 Å². The lowest BCUT2D eigenvalue weighted by Gasteiger charge is -2.09. The molecule has 4 heteroatoms. The molecule has 0 aliphatic carbocycles. The predicted molar refractivity (Wildman–Crippen MR) is 65.7 cm³/mol. The molecule has 0 saturated carbocycles. The molecule has 0 bridgehead atoms. The number of carbonyl (C=O) groups is 1. The Hall–Kier alpha value is -1.06. The smallest absolute Gasteiger partial charge is 0.239 e. The highest BCUT2D eigenvalue weighted by atomic mass is 35.5. The second kappa shape index (κ2) is 6.51. The minimum absolute atomic E-state index is 0.0350. The van der Waals surface area contributed by atoms with Crippen LogP contribution in [0.3, 0.4) is 0 Å². The molecule has 1 amide bonds. The zero-order chi connectivity index (χ0) is 12.0. The fraction of sp³-hybridized carbons (Fsp3) is 0.417. The van der Waals surface area contributed by atoms with Crippen molar-refractivity contribution >= 4 is 23.2 Å². The maximum Gasteiger partial charge on any atom is 0.239 e. The molecule has 88 valence electrons. The van der Waals surface area contributed by atoms with Crippen LogP contribution < -0.4 is 5.32 Å². The number of alkyl halides is 1. The van der Waals surface area contributed by atoms with Crippen LogP contribution in [-0.4, -0.2) is 17.9 Å². The summed E-state index contributed by atoms with van der Waals surface area (Å²) in [6.45, 7) is 4.51. The van der Waals surface area contributed by atoms with Gasteiger partial charge in [-0.2, -0.15) is 0 Å². The quantitative estimate of drug-likeness (QED) is 0.805. The maximum absolute atomic E-state index is 11.1. The third-order valence-corrected chi connectivity index (χ3v) is 2.16. The normalized spacial score (nSPS) is 10.5. The lowest BCUT2D eigenvalue weighted by molar-refractivity contribution is -0.113. The minimum Gasteiger partial charge on any atom is -0.374 e. The first-order valence-electron chi connectivity index (χ1n) is 5.18. The summed E-state index contributed by atoms with van der Waals surface area (Å²) in [5.41, 5.74) is 1.77. The highest BCUT2D eigenvalue weighted by Crippen LogP contribution is 2.12. The molecule has 0 unspecified atom stereocenters. The molecule has 1 aromatic rings. The number of nitrogens with one attached hydrogen (secondary N) is 1. The zero-order valence-corrected chi connectivity index (χ0v) is 10.3. The lowest BCUT2D eigenvalue weighted by Crippen LogP contribution is -2.12. The second-order valence-electron chi connectivity index (χ2n) is 3.74. The molecule has 0 radical (unpaired) electrons. The molecule has 0 atom stereocenters. The van der Waals surface area contributed by atoms with E-state index >= 15 is 0 Å². The van der Waals surface area contributed by atoms with Crippen molar-refractivity contribution in [2.45, 2.75) is 26.6 Å². The molecular formula is C12H16ClNO2. The third kappa shape index (κ3) is 4.64. The van der Waals surface area contributed by atoms with Crippen molar-refractivity contribution in [3.8, 4) is 0 Å². The molecule has 1 aromatic carbocycles. The Kier molecular flexibility index (Phi) is 5.29. The zero-order valence-electron chi connectivity index (χ0n) is 9.50. The molecule has 1 rings (SSSR count). The van der Waals surface area contributed by atoms with E-state index in [0.29, 0.717) is 6.61 Å². The van der Waals surface area contributed by atoms with E-state index in [1.165, 1.54) is 0 Å². The van der Waals surface area contributed by atoms with Crippen LogP contribution in [0.5, 0.6) is 0 Å². The number of ether oxygens (including phenoxy) is 1. The van der Waals surface area contributed by atoms with Gasteiger partial charge >= 0.3 is 0 Å². The molecule has 0 heterocycles. The van der Waals surface area contributed by atoms with Crippen LogP contribution in [0.4, 0.5) is 5.69 Å². The van der Waals surface area contributed by atoms with Crippen molar-refractivity contribution in [3.05, 3.63) is 29.8 Å². The van der Waals surface area contributed by atoms with Crippen LogP contribution in [0.2, 0.25) is 0 Å². The maximum atomic E-state index is 11.1. The van der Waals surface area contributed by atoms with E-state index in [0.717, 1.165) is 11.3 Å². The van der Waals surface area contributed by atoms with E-state index in [9.17, 15) is 4.79 Å². The molecule has 0 aliphatic rings. The van der Waals surface area contributed by atoms with Crippen molar-refractivity contribution in [2.24, 2.45) is 0 Å². The SMILES string of the molecule is CC(C)OCc1cccc(NC(=O)CCl)c1. The molecule has 0 aromatic heterocycles. The fourth-order valence-corrected chi connectivity index (χ4v) is 1.26. The van der Waals surface area contributed by atoms with Crippen LogP contribution >= 0.6 is 11.6 Å². The average Bonchev–Trinajstić information content (AvgIpc) is 2.26. The molecule has 0 fully saturated rings. The van der Waals surface area contributed by atoms with Crippen molar-refractivity contribution in [1.82, 2.24) is 0 Å². The Morgan fingerprint density at radius 2 is 2.25 bits per heavy atom. The third-order valence-electron chi connectivity index (χ3n) is 1.92. The number of carbonyl (C=O) groups excluding carboxylic acids is 1. The Labute approximate surface area is 101 Å². The summed E-state index contributed by atoms with van der Waals surface area (Å²) in [5.74, 6) is -0.240. The van der Waals surface area contributed by atoms with E-state index in [1.807, 2.05) is 38.1 Å². The first kappa shape index (κ1) is 13.0. The van der Waals surface area contributed by atoms with Gasteiger partial charge in [0, 0.05) is 5.69 Å². The monoisotopic (exact) mass is 241 g/mol. The van der Waals surface area contributed by atoms with E-state index in [1.54, 1.807) is 0 Å². The summed E-state index contributed by atoms with van der Waals surface area (Å²) in [6, 6.07) is 7.54. The summed E-state index contributed by atoms with van der Waals surface area (Å²) in [5, 5.41) is 2.69. The van der Waals surface area contributed by atoms with Crippen LogP contribution in [-0.2, 0) is 16.1 Å². The number of halogens is 1. The molecule has 1 N–H and O–H groups in total. The number of benzene rings is 1. The number of rotatable bonds is 5. The van der Waals surface area contributed by atoms with Crippen LogP contribution in [0.15, 0.2) is 24.3 Å². The van der Waals surface area contributed by atoms with Gasteiger partial charge in [-0.1, -0.05) is 12.1 Å². The van der Waals surface area contributed by atoms with Gasteiger partial charge in [0.1, 0.15) is 5.88 Å². The Morgan fingerprint density at radius 1 is 1.50 bits per heavy atom. The molecule has 16 heavy (non-hydrogen) atoms. The predicted octanol–water partition coefficient (Wildman–Crippen LogP) is 2.79. The van der Waals surface area contributed by atoms with E-state index in [2.05, 4.69) is 5.32 Å². The van der Waals surface area contributed by atoms with Gasteiger partial charge in [0.15, 0.2) is 0 Å². The minimum atomic E-state index is -0.205. The number of hydrogen-bond acceptors (Lipinski definition) is 2. The van der Waals surface area contributed by atoms with Crippen molar-refractivity contribution in [2.75, 3.05) is 11.2 Å². The summed E-state index contributed by atoms with van der Waals surface area (Å²) < 4.78 is 5.48. The highest BCUT2D eigenvalue weighted by molar-refractivity contribution is 6.29. The first-order chi connectivity index (χ1) is 7.61. The summed E-state index contributed by atoms with van der Waals surface area (Å²) in [4.78, 5) is 11.1. The second-order valence-corrected chi connectivity index (χ2v) is 4.01. The van der Waals surface area contributed by atoms with Crippen molar-refractivity contribution in [3.63, 3.8) is 0 Å². The lowest BCUT2D eigenvalue weighted by atomic mass is 10.2. The van der Waals surface area contributed by atoms with Gasteiger partial charge in [-0.05, 0) is 31.5 Å². The van der Waals surface area contributed by atoms with Gasteiger partial charge in [-0.15, -0.1) is 11.6 Å². The van der Waals surface area contributed by atoms with Gasteiger partial charge in [-0.3, -0.25) is 4.79 Å².